The molecule has 0 bridgehead atoms. The summed E-state index contributed by atoms with van der Waals surface area (Å²) in [5, 5.41) is 4.17. The van der Waals surface area contributed by atoms with Crippen molar-refractivity contribution in [3.63, 3.8) is 0 Å². The highest BCUT2D eigenvalue weighted by atomic mass is 35.5. The van der Waals surface area contributed by atoms with E-state index < -0.39 is 5.82 Å². The van der Waals surface area contributed by atoms with Crippen LogP contribution in [-0.4, -0.2) is 16.0 Å². The van der Waals surface area contributed by atoms with Crippen molar-refractivity contribution in [1.82, 2.24) is 9.97 Å². The predicted molar refractivity (Wildman–Crippen MR) is 70.5 cm³/mol. The molecule has 0 N–H and O–H groups in total. The molecular formula is C12H11ClFN3S. The molecule has 94 valence electrons. The summed E-state index contributed by atoms with van der Waals surface area (Å²) in [5.41, 5.74) is 1.17. The van der Waals surface area contributed by atoms with E-state index in [1.807, 2.05) is 16.3 Å². The van der Waals surface area contributed by atoms with E-state index in [-0.39, 0.29) is 5.28 Å². The van der Waals surface area contributed by atoms with E-state index in [4.69, 9.17) is 11.6 Å². The van der Waals surface area contributed by atoms with Crippen LogP contribution in [0.3, 0.4) is 0 Å². The van der Waals surface area contributed by atoms with Gasteiger partial charge in [0.2, 0.25) is 5.28 Å². The van der Waals surface area contributed by atoms with Crippen LogP contribution in [0.15, 0.2) is 23.0 Å². The van der Waals surface area contributed by atoms with Crippen molar-refractivity contribution in [2.24, 2.45) is 0 Å². The average molecular weight is 284 g/mol. The molecule has 0 spiro atoms. The van der Waals surface area contributed by atoms with Gasteiger partial charge in [0.1, 0.15) is 0 Å². The first-order chi connectivity index (χ1) is 8.74. The summed E-state index contributed by atoms with van der Waals surface area (Å²) in [5.74, 6) is -0.106. The van der Waals surface area contributed by atoms with Crippen LogP contribution in [0.2, 0.25) is 5.28 Å². The normalized spacial score (nSPS) is 14.8. The van der Waals surface area contributed by atoms with E-state index in [9.17, 15) is 4.39 Å². The number of hydrogen-bond acceptors (Lipinski definition) is 4. The van der Waals surface area contributed by atoms with Crippen molar-refractivity contribution in [3.05, 3.63) is 39.7 Å². The summed E-state index contributed by atoms with van der Waals surface area (Å²) in [6.45, 7) is 0.665. The Morgan fingerprint density at radius 3 is 3.00 bits per heavy atom. The SMILES string of the molecule is Fc1cnc(Cl)nc1N(Cc1ccsc1)C1CC1. The molecule has 2 aromatic rings. The quantitative estimate of drug-likeness (QED) is 0.804. The standard InChI is InChI=1S/C12H11ClFN3S/c13-12-15-5-10(14)11(16-12)17(9-1-2-9)6-8-3-4-18-7-8/h3-5,7,9H,1-2,6H2. The third-order valence-electron chi connectivity index (χ3n) is 2.89. The summed E-state index contributed by atoms with van der Waals surface area (Å²) >= 11 is 7.39. The third kappa shape index (κ3) is 2.47. The molecule has 2 aromatic heterocycles. The molecule has 1 saturated carbocycles. The number of nitrogens with zero attached hydrogens (tertiary/aromatic N) is 3. The second-order valence-electron chi connectivity index (χ2n) is 4.30. The molecule has 3 rings (SSSR count). The minimum absolute atomic E-state index is 0.0855. The number of aromatic nitrogens is 2. The fourth-order valence-electron chi connectivity index (χ4n) is 1.88. The van der Waals surface area contributed by atoms with Crippen LogP contribution in [-0.2, 0) is 6.54 Å². The highest BCUT2D eigenvalue weighted by Crippen LogP contribution is 2.33. The highest BCUT2D eigenvalue weighted by molar-refractivity contribution is 7.07. The van der Waals surface area contributed by atoms with Gasteiger partial charge < -0.3 is 4.90 Å². The number of anilines is 1. The Balaban J connectivity index is 1.91. The molecule has 6 heteroatoms. The van der Waals surface area contributed by atoms with E-state index in [0.717, 1.165) is 19.0 Å². The molecule has 0 amide bonds. The molecule has 1 fully saturated rings. The van der Waals surface area contributed by atoms with Gasteiger partial charge in [-0.05, 0) is 46.8 Å². The monoisotopic (exact) mass is 283 g/mol. The Labute approximate surface area is 113 Å². The molecule has 1 aliphatic rings. The molecule has 0 unspecified atom stereocenters. The minimum atomic E-state index is -0.415. The maximum absolute atomic E-state index is 13.8. The maximum Gasteiger partial charge on any atom is 0.224 e. The maximum atomic E-state index is 13.8. The summed E-state index contributed by atoms with van der Waals surface area (Å²) < 4.78 is 13.8. The zero-order valence-electron chi connectivity index (χ0n) is 9.51. The molecule has 0 atom stereocenters. The van der Waals surface area contributed by atoms with Gasteiger partial charge in [0.15, 0.2) is 11.6 Å². The molecule has 0 aliphatic heterocycles. The molecule has 3 nitrogen and oxygen atoms in total. The van der Waals surface area contributed by atoms with Crippen LogP contribution in [0.4, 0.5) is 10.2 Å². The van der Waals surface area contributed by atoms with Gasteiger partial charge in [-0.2, -0.15) is 16.3 Å². The number of thiophene rings is 1. The second-order valence-corrected chi connectivity index (χ2v) is 5.42. The third-order valence-corrected chi connectivity index (χ3v) is 3.80. The molecule has 18 heavy (non-hydrogen) atoms. The molecule has 0 aromatic carbocycles. The summed E-state index contributed by atoms with van der Waals surface area (Å²) in [4.78, 5) is 9.65. The number of halogens is 2. The predicted octanol–water partition coefficient (Wildman–Crippen LogP) is 3.50. The van der Waals surface area contributed by atoms with Crippen LogP contribution in [0.25, 0.3) is 0 Å². The van der Waals surface area contributed by atoms with Crippen LogP contribution in [0.1, 0.15) is 18.4 Å². The van der Waals surface area contributed by atoms with Gasteiger partial charge in [-0.3, -0.25) is 0 Å². The van der Waals surface area contributed by atoms with Crippen LogP contribution in [0, 0.1) is 5.82 Å². The zero-order valence-corrected chi connectivity index (χ0v) is 11.1. The van der Waals surface area contributed by atoms with Crippen molar-refractivity contribution in [3.8, 4) is 0 Å². The first-order valence-corrected chi connectivity index (χ1v) is 7.02. The largest absolute Gasteiger partial charge is 0.347 e. The van der Waals surface area contributed by atoms with Crippen molar-refractivity contribution in [2.75, 3.05) is 4.90 Å². The summed E-state index contributed by atoms with van der Waals surface area (Å²) in [6, 6.07) is 2.41. The van der Waals surface area contributed by atoms with Gasteiger partial charge in [-0.1, -0.05) is 0 Å². The van der Waals surface area contributed by atoms with Crippen LogP contribution < -0.4 is 4.90 Å². The molecule has 1 aliphatic carbocycles. The van der Waals surface area contributed by atoms with Crippen molar-refractivity contribution >= 4 is 28.8 Å². The van der Waals surface area contributed by atoms with Crippen molar-refractivity contribution in [1.29, 1.82) is 0 Å². The average Bonchev–Trinajstić information content (AvgIpc) is 3.07. The molecule has 0 radical (unpaired) electrons. The van der Waals surface area contributed by atoms with Gasteiger partial charge >= 0.3 is 0 Å². The summed E-state index contributed by atoms with van der Waals surface area (Å²) in [6.07, 6.45) is 3.28. The van der Waals surface area contributed by atoms with Gasteiger partial charge in [-0.15, -0.1) is 0 Å². The van der Waals surface area contributed by atoms with E-state index in [1.165, 1.54) is 5.56 Å². The first-order valence-electron chi connectivity index (χ1n) is 5.70. The van der Waals surface area contributed by atoms with Gasteiger partial charge in [0.05, 0.1) is 6.20 Å². The molecular weight excluding hydrogens is 273 g/mol. The minimum Gasteiger partial charge on any atom is -0.347 e. The lowest BCUT2D eigenvalue weighted by molar-refractivity contribution is 0.598. The summed E-state index contributed by atoms with van der Waals surface area (Å²) in [7, 11) is 0. The Hall–Kier alpha value is -1.20. The second kappa shape index (κ2) is 4.82. The number of rotatable bonds is 4. The van der Waals surface area contributed by atoms with Crippen molar-refractivity contribution in [2.45, 2.75) is 25.4 Å². The lowest BCUT2D eigenvalue weighted by Gasteiger charge is -2.23. The van der Waals surface area contributed by atoms with Gasteiger partial charge in [0, 0.05) is 12.6 Å². The Morgan fingerprint density at radius 2 is 2.33 bits per heavy atom. The zero-order chi connectivity index (χ0) is 12.5. The van der Waals surface area contributed by atoms with Gasteiger partial charge in [-0.25, -0.2) is 9.37 Å². The smallest absolute Gasteiger partial charge is 0.224 e. The van der Waals surface area contributed by atoms with E-state index in [0.29, 0.717) is 18.4 Å². The Bertz CT molecular complexity index is 542. The molecule has 0 saturated heterocycles. The number of hydrogen-bond donors (Lipinski definition) is 0. The van der Waals surface area contributed by atoms with E-state index in [1.54, 1.807) is 11.3 Å². The Morgan fingerprint density at radius 1 is 1.50 bits per heavy atom. The highest BCUT2D eigenvalue weighted by Gasteiger charge is 2.32. The van der Waals surface area contributed by atoms with Crippen LogP contribution >= 0.6 is 22.9 Å². The lowest BCUT2D eigenvalue weighted by Crippen LogP contribution is -2.27. The van der Waals surface area contributed by atoms with E-state index in [2.05, 4.69) is 15.3 Å². The fraction of sp³-hybridized carbons (Fsp3) is 0.333. The van der Waals surface area contributed by atoms with E-state index >= 15 is 0 Å². The first kappa shape index (κ1) is 11.9. The van der Waals surface area contributed by atoms with Gasteiger partial charge in [0.25, 0.3) is 0 Å². The fourth-order valence-corrected chi connectivity index (χ4v) is 2.67. The van der Waals surface area contributed by atoms with Crippen molar-refractivity contribution < 1.29 is 4.39 Å². The lowest BCUT2D eigenvalue weighted by atomic mass is 10.3. The Kier molecular flexibility index (Phi) is 3.18. The van der Waals surface area contributed by atoms with Crippen LogP contribution in [0.5, 0.6) is 0 Å². The molecule has 2 heterocycles. The topological polar surface area (TPSA) is 29.0 Å².